The number of carbonyl (C=O) groups excluding carboxylic acids is 1. The van der Waals surface area contributed by atoms with Gasteiger partial charge in [-0.15, -0.1) is 0 Å². The molecule has 0 unspecified atom stereocenters. The molecule has 0 aliphatic rings. The van der Waals surface area contributed by atoms with Gasteiger partial charge in [-0.05, 0) is 48.6 Å². The van der Waals surface area contributed by atoms with Crippen molar-refractivity contribution in [3.05, 3.63) is 27.3 Å². The molecule has 1 aromatic carbocycles. The lowest BCUT2D eigenvalue weighted by Gasteiger charge is -2.19. The van der Waals surface area contributed by atoms with E-state index in [0.29, 0.717) is 18.7 Å². The molecule has 1 rings (SSSR count). The van der Waals surface area contributed by atoms with Crippen LogP contribution in [0.5, 0.6) is 5.75 Å². The molecule has 1 aromatic rings. The summed E-state index contributed by atoms with van der Waals surface area (Å²) in [5.41, 5.74) is 0.404. The lowest BCUT2D eigenvalue weighted by Crippen LogP contribution is -2.31. The van der Waals surface area contributed by atoms with Crippen molar-refractivity contribution in [1.29, 1.82) is 0 Å². The second-order valence-corrected chi connectivity index (χ2v) is 4.27. The first-order valence-corrected chi connectivity index (χ1v) is 5.96. The molecule has 0 aliphatic carbocycles. The van der Waals surface area contributed by atoms with Gasteiger partial charge in [0.1, 0.15) is 5.75 Å². The van der Waals surface area contributed by atoms with Crippen LogP contribution in [0.15, 0.2) is 18.2 Å². The summed E-state index contributed by atoms with van der Waals surface area (Å²) >= 11 is 2.06. The molecule has 0 radical (unpaired) electrons. The van der Waals surface area contributed by atoms with Gasteiger partial charge >= 0.3 is 0 Å². The summed E-state index contributed by atoms with van der Waals surface area (Å²) in [6, 6.07) is 5.09. The largest absolute Gasteiger partial charge is 0.507 e. The fraction of sp³-hybridized carbons (Fsp3) is 0.364. The first-order chi connectivity index (χ1) is 7.11. The summed E-state index contributed by atoms with van der Waals surface area (Å²) in [5, 5.41) is 9.65. The van der Waals surface area contributed by atoms with Crippen LogP contribution < -0.4 is 0 Å². The van der Waals surface area contributed by atoms with E-state index in [1.807, 2.05) is 19.9 Å². The van der Waals surface area contributed by atoms with Crippen molar-refractivity contribution in [3.8, 4) is 5.75 Å². The molecule has 15 heavy (non-hydrogen) atoms. The third-order valence-corrected chi connectivity index (χ3v) is 3.16. The van der Waals surface area contributed by atoms with Gasteiger partial charge in [-0.3, -0.25) is 4.79 Å². The van der Waals surface area contributed by atoms with Crippen molar-refractivity contribution in [2.24, 2.45) is 0 Å². The van der Waals surface area contributed by atoms with Gasteiger partial charge in [-0.25, -0.2) is 0 Å². The molecular weight excluding hydrogens is 305 g/mol. The SMILES string of the molecule is CCN(CC)C(=O)c1c(O)cccc1I. The van der Waals surface area contributed by atoms with Crippen LogP contribution in [0.1, 0.15) is 24.2 Å². The highest BCUT2D eigenvalue weighted by atomic mass is 127. The number of benzene rings is 1. The Labute approximate surface area is 103 Å². The molecule has 0 fully saturated rings. The van der Waals surface area contributed by atoms with Crippen molar-refractivity contribution < 1.29 is 9.90 Å². The number of phenolic OH excluding ortho intramolecular Hbond substituents is 1. The Kier molecular flexibility index (Phi) is 4.38. The van der Waals surface area contributed by atoms with Gasteiger partial charge < -0.3 is 10.0 Å². The van der Waals surface area contributed by atoms with E-state index in [0.717, 1.165) is 3.57 Å². The van der Waals surface area contributed by atoms with E-state index in [1.165, 1.54) is 0 Å². The van der Waals surface area contributed by atoms with Gasteiger partial charge in [0.05, 0.1) is 5.56 Å². The summed E-state index contributed by atoms with van der Waals surface area (Å²) in [5.74, 6) is -0.0544. The van der Waals surface area contributed by atoms with Crippen LogP contribution in [0, 0.1) is 3.57 Å². The molecule has 1 N–H and O–H groups in total. The zero-order valence-electron chi connectivity index (χ0n) is 8.83. The molecule has 1 amide bonds. The summed E-state index contributed by atoms with van der Waals surface area (Å²) < 4.78 is 0.782. The zero-order chi connectivity index (χ0) is 11.4. The Morgan fingerprint density at radius 1 is 1.40 bits per heavy atom. The van der Waals surface area contributed by atoms with Crippen molar-refractivity contribution in [2.75, 3.05) is 13.1 Å². The minimum Gasteiger partial charge on any atom is -0.507 e. The first-order valence-electron chi connectivity index (χ1n) is 4.88. The maximum absolute atomic E-state index is 12.0. The van der Waals surface area contributed by atoms with E-state index in [9.17, 15) is 9.90 Å². The van der Waals surface area contributed by atoms with Crippen molar-refractivity contribution in [3.63, 3.8) is 0 Å². The topological polar surface area (TPSA) is 40.5 Å². The minimum atomic E-state index is -0.109. The third kappa shape index (κ3) is 2.62. The Morgan fingerprint density at radius 2 is 2.00 bits per heavy atom. The number of aromatic hydroxyl groups is 1. The van der Waals surface area contributed by atoms with Gasteiger partial charge in [0.15, 0.2) is 0 Å². The summed E-state index contributed by atoms with van der Waals surface area (Å²) in [6.45, 7) is 5.15. The highest BCUT2D eigenvalue weighted by Gasteiger charge is 2.18. The van der Waals surface area contributed by atoms with Crippen LogP contribution >= 0.6 is 22.6 Å². The highest BCUT2D eigenvalue weighted by Crippen LogP contribution is 2.23. The van der Waals surface area contributed by atoms with Crippen LogP contribution in [0.2, 0.25) is 0 Å². The Bertz CT molecular complexity index is 341. The third-order valence-electron chi connectivity index (χ3n) is 2.26. The van der Waals surface area contributed by atoms with Gasteiger partial charge in [0.2, 0.25) is 0 Å². The predicted molar refractivity (Wildman–Crippen MR) is 68.1 cm³/mol. The molecule has 0 atom stereocenters. The molecule has 3 nitrogen and oxygen atoms in total. The maximum Gasteiger partial charge on any atom is 0.258 e. The van der Waals surface area contributed by atoms with Gasteiger partial charge in [-0.1, -0.05) is 6.07 Å². The molecule has 4 heteroatoms. The second-order valence-electron chi connectivity index (χ2n) is 3.11. The molecule has 82 valence electrons. The standard InChI is InChI=1S/C11H14INO2/c1-3-13(4-2)11(15)10-8(12)6-5-7-9(10)14/h5-7,14H,3-4H2,1-2H3. The number of carbonyl (C=O) groups is 1. The van der Waals surface area contributed by atoms with Crippen molar-refractivity contribution >= 4 is 28.5 Å². The lowest BCUT2D eigenvalue weighted by molar-refractivity contribution is 0.0769. The van der Waals surface area contributed by atoms with Gasteiger partial charge in [0.25, 0.3) is 5.91 Å². The van der Waals surface area contributed by atoms with Crippen LogP contribution in [0.25, 0.3) is 0 Å². The number of nitrogens with zero attached hydrogens (tertiary/aromatic N) is 1. The Balaban J connectivity index is 3.10. The molecular formula is C11H14INO2. The fourth-order valence-corrected chi connectivity index (χ4v) is 2.11. The zero-order valence-corrected chi connectivity index (χ0v) is 11.0. The van der Waals surface area contributed by atoms with E-state index >= 15 is 0 Å². The smallest absolute Gasteiger partial charge is 0.258 e. The summed E-state index contributed by atoms with van der Waals surface area (Å²) in [6.07, 6.45) is 0. The maximum atomic E-state index is 12.0. The first kappa shape index (κ1) is 12.3. The molecule has 0 aromatic heterocycles. The lowest BCUT2D eigenvalue weighted by atomic mass is 10.1. The molecule has 0 saturated heterocycles. The molecule has 0 heterocycles. The van der Waals surface area contributed by atoms with E-state index in [4.69, 9.17) is 0 Å². The molecule has 0 aliphatic heterocycles. The number of rotatable bonds is 3. The van der Waals surface area contributed by atoms with Crippen molar-refractivity contribution in [2.45, 2.75) is 13.8 Å². The second kappa shape index (κ2) is 5.34. The fourth-order valence-electron chi connectivity index (χ4n) is 1.39. The number of phenols is 1. The van der Waals surface area contributed by atoms with E-state index in [2.05, 4.69) is 22.6 Å². The average molecular weight is 319 g/mol. The van der Waals surface area contributed by atoms with Crippen LogP contribution in [0.4, 0.5) is 0 Å². The number of amides is 1. The summed E-state index contributed by atoms with van der Waals surface area (Å²) in [7, 11) is 0. The van der Waals surface area contributed by atoms with E-state index < -0.39 is 0 Å². The van der Waals surface area contributed by atoms with Gasteiger partial charge in [0, 0.05) is 16.7 Å². The number of hydrogen-bond acceptors (Lipinski definition) is 2. The molecule has 0 bridgehead atoms. The summed E-state index contributed by atoms with van der Waals surface area (Å²) in [4.78, 5) is 13.7. The van der Waals surface area contributed by atoms with E-state index in [-0.39, 0.29) is 11.7 Å². The number of halogens is 1. The van der Waals surface area contributed by atoms with Crippen LogP contribution in [0.3, 0.4) is 0 Å². The van der Waals surface area contributed by atoms with Gasteiger partial charge in [-0.2, -0.15) is 0 Å². The van der Waals surface area contributed by atoms with Crippen LogP contribution in [-0.2, 0) is 0 Å². The molecule has 0 saturated carbocycles. The average Bonchev–Trinajstić information content (AvgIpc) is 2.19. The normalized spacial score (nSPS) is 10.1. The predicted octanol–water partition coefficient (Wildman–Crippen LogP) is 2.48. The Morgan fingerprint density at radius 3 is 2.47 bits per heavy atom. The van der Waals surface area contributed by atoms with Crippen molar-refractivity contribution in [1.82, 2.24) is 4.90 Å². The molecule has 0 spiro atoms. The highest BCUT2D eigenvalue weighted by molar-refractivity contribution is 14.1. The number of hydrogen-bond donors (Lipinski definition) is 1. The monoisotopic (exact) mass is 319 g/mol. The minimum absolute atomic E-state index is 0.0544. The van der Waals surface area contributed by atoms with Crippen LogP contribution in [-0.4, -0.2) is 29.0 Å². The quantitative estimate of drug-likeness (QED) is 0.870. The Hall–Kier alpha value is -0.780. The van der Waals surface area contributed by atoms with E-state index in [1.54, 1.807) is 17.0 Å².